The van der Waals surface area contributed by atoms with Crippen molar-refractivity contribution in [3.8, 4) is 0 Å². The zero-order valence-corrected chi connectivity index (χ0v) is 16.0. The van der Waals surface area contributed by atoms with E-state index in [1.807, 2.05) is 13.8 Å². The number of sulfonamides is 1. The molecule has 2 N–H and O–H groups in total. The molecule has 8 heteroatoms. The predicted molar refractivity (Wildman–Crippen MR) is 102 cm³/mol. The van der Waals surface area contributed by atoms with Crippen molar-refractivity contribution >= 4 is 27.6 Å². The molecule has 0 spiro atoms. The lowest BCUT2D eigenvalue weighted by atomic mass is 10.2. The average molecular weight is 390 g/mol. The van der Waals surface area contributed by atoms with E-state index >= 15 is 0 Å². The monoisotopic (exact) mass is 390 g/mol. The van der Waals surface area contributed by atoms with Crippen molar-refractivity contribution in [1.82, 2.24) is 5.32 Å². The number of esters is 1. The van der Waals surface area contributed by atoms with Crippen molar-refractivity contribution < 1.29 is 22.7 Å². The SMILES string of the molecule is CC[C@H](C)NC(=O)COC(=O)c1ccc(S(=O)(=O)Nc2ccccc2)cc1. The molecule has 0 saturated carbocycles. The second kappa shape index (κ2) is 9.18. The normalized spacial score (nSPS) is 12.1. The minimum atomic E-state index is -3.76. The van der Waals surface area contributed by atoms with Crippen LogP contribution in [-0.2, 0) is 19.6 Å². The van der Waals surface area contributed by atoms with Gasteiger partial charge in [0.2, 0.25) is 0 Å². The molecule has 2 aromatic rings. The van der Waals surface area contributed by atoms with Gasteiger partial charge in [0, 0.05) is 11.7 Å². The fraction of sp³-hybridized carbons (Fsp3) is 0.263. The molecule has 0 aliphatic rings. The highest BCUT2D eigenvalue weighted by Crippen LogP contribution is 2.16. The minimum Gasteiger partial charge on any atom is -0.452 e. The van der Waals surface area contributed by atoms with Gasteiger partial charge in [-0.1, -0.05) is 25.1 Å². The quantitative estimate of drug-likeness (QED) is 0.675. The van der Waals surface area contributed by atoms with E-state index in [2.05, 4.69) is 10.0 Å². The molecule has 0 radical (unpaired) electrons. The molecular weight excluding hydrogens is 368 g/mol. The van der Waals surface area contributed by atoms with Crippen LogP contribution in [-0.4, -0.2) is 32.9 Å². The number of anilines is 1. The molecule has 7 nitrogen and oxygen atoms in total. The lowest BCUT2D eigenvalue weighted by Crippen LogP contribution is -2.35. The molecule has 27 heavy (non-hydrogen) atoms. The Labute approximate surface area is 158 Å². The van der Waals surface area contributed by atoms with Crippen molar-refractivity contribution in [2.45, 2.75) is 31.2 Å². The molecule has 0 saturated heterocycles. The number of carbonyl (C=O) groups excluding carboxylic acids is 2. The predicted octanol–water partition coefficient (Wildman–Crippen LogP) is 2.56. The Balaban J connectivity index is 1.97. The zero-order valence-electron chi connectivity index (χ0n) is 15.1. The highest BCUT2D eigenvalue weighted by Gasteiger charge is 2.16. The summed E-state index contributed by atoms with van der Waals surface area (Å²) in [4.78, 5) is 23.6. The Kier molecular flexibility index (Phi) is 6.95. The Morgan fingerprint density at radius 3 is 2.26 bits per heavy atom. The summed E-state index contributed by atoms with van der Waals surface area (Å²) in [5, 5.41) is 2.68. The highest BCUT2D eigenvalue weighted by molar-refractivity contribution is 7.92. The summed E-state index contributed by atoms with van der Waals surface area (Å²) < 4.78 is 32.1. The standard InChI is InChI=1S/C19H22N2O5S/c1-3-14(2)20-18(22)13-26-19(23)15-9-11-17(12-10-15)27(24,25)21-16-7-5-4-6-8-16/h4-12,14,21H,3,13H2,1-2H3,(H,20,22)/t14-/m0/s1. The number of amides is 1. The van der Waals surface area contributed by atoms with Crippen molar-refractivity contribution in [2.75, 3.05) is 11.3 Å². The summed E-state index contributed by atoms with van der Waals surface area (Å²) in [6, 6.07) is 13.8. The molecule has 0 aliphatic heterocycles. The fourth-order valence-electron chi connectivity index (χ4n) is 2.12. The number of rotatable bonds is 8. The first-order valence-corrected chi connectivity index (χ1v) is 9.94. The van der Waals surface area contributed by atoms with Crippen molar-refractivity contribution in [2.24, 2.45) is 0 Å². The Hall–Kier alpha value is -2.87. The van der Waals surface area contributed by atoms with Gasteiger partial charge in [-0.2, -0.15) is 0 Å². The lowest BCUT2D eigenvalue weighted by Gasteiger charge is -2.11. The lowest BCUT2D eigenvalue weighted by molar-refractivity contribution is -0.124. The summed E-state index contributed by atoms with van der Waals surface area (Å²) in [6.07, 6.45) is 0.770. The van der Waals surface area contributed by atoms with Crippen LogP contribution < -0.4 is 10.0 Å². The van der Waals surface area contributed by atoms with E-state index in [0.29, 0.717) is 5.69 Å². The molecule has 0 bridgehead atoms. The van der Waals surface area contributed by atoms with Gasteiger partial charge in [-0.15, -0.1) is 0 Å². The maximum Gasteiger partial charge on any atom is 0.338 e. The summed E-state index contributed by atoms with van der Waals surface area (Å²) in [5.74, 6) is -1.08. The second-order valence-corrected chi connectivity index (χ2v) is 7.63. The maximum atomic E-state index is 12.3. The zero-order chi connectivity index (χ0) is 19.9. The minimum absolute atomic E-state index is 0.00203. The van der Waals surface area contributed by atoms with Gasteiger partial charge in [-0.05, 0) is 49.7 Å². The molecule has 2 aromatic carbocycles. The van der Waals surface area contributed by atoms with Crippen LogP contribution in [0.3, 0.4) is 0 Å². The third-order valence-corrected chi connectivity index (χ3v) is 5.18. The summed E-state index contributed by atoms with van der Waals surface area (Å²) in [5.41, 5.74) is 0.596. The van der Waals surface area contributed by atoms with Crippen LogP contribution in [0.5, 0.6) is 0 Å². The van der Waals surface area contributed by atoms with Crippen LogP contribution in [0.25, 0.3) is 0 Å². The summed E-state index contributed by atoms with van der Waals surface area (Å²) >= 11 is 0. The van der Waals surface area contributed by atoms with Gasteiger partial charge in [-0.3, -0.25) is 9.52 Å². The van der Waals surface area contributed by atoms with E-state index in [4.69, 9.17) is 4.74 Å². The van der Waals surface area contributed by atoms with Crippen LogP contribution in [0.1, 0.15) is 30.6 Å². The van der Waals surface area contributed by atoms with Crippen molar-refractivity contribution in [3.63, 3.8) is 0 Å². The van der Waals surface area contributed by atoms with Gasteiger partial charge in [0.25, 0.3) is 15.9 Å². The van der Waals surface area contributed by atoms with Gasteiger partial charge in [0.1, 0.15) is 0 Å². The number of hydrogen-bond acceptors (Lipinski definition) is 5. The first-order chi connectivity index (χ1) is 12.8. The van der Waals surface area contributed by atoms with Crippen LogP contribution in [0.15, 0.2) is 59.5 Å². The van der Waals surface area contributed by atoms with Crippen LogP contribution in [0.2, 0.25) is 0 Å². The molecular formula is C19H22N2O5S. The molecule has 0 unspecified atom stereocenters. The second-order valence-electron chi connectivity index (χ2n) is 5.95. The number of hydrogen-bond donors (Lipinski definition) is 2. The van der Waals surface area contributed by atoms with Gasteiger partial charge < -0.3 is 10.1 Å². The molecule has 144 valence electrons. The Morgan fingerprint density at radius 1 is 1.04 bits per heavy atom. The Bertz CT molecular complexity index is 880. The number of carbonyl (C=O) groups is 2. The highest BCUT2D eigenvalue weighted by atomic mass is 32.2. The third kappa shape index (κ3) is 6.10. The number of benzene rings is 2. The van der Waals surface area contributed by atoms with Gasteiger partial charge in [-0.25, -0.2) is 13.2 Å². The topological polar surface area (TPSA) is 102 Å². The first-order valence-electron chi connectivity index (χ1n) is 8.46. The Morgan fingerprint density at radius 2 is 1.67 bits per heavy atom. The van der Waals surface area contributed by atoms with Crippen molar-refractivity contribution in [1.29, 1.82) is 0 Å². The van der Waals surface area contributed by atoms with E-state index in [-0.39, 0.29) is 22.4 Å². The maximum absolute atomic E-state index is 12.3. The molecule has 1 atom stereocenters. The van der Waals surface area contributed by atoms with E-state index < -0.39 is 22.6 Å². The third-order valence-electron chi connectivity index (χ3n) is 3.78. The van der Waals surface area contributed by atoms with Gasteiger partial charge in [0.05, 0.1) is 10.5 Å². The molecule has 0 aliphatic carbocycles. The molecule has 0 fully saturated rings. The molecule has 0 aromatic heterocycles. The van der Waals surface area contributed by atoms with E-state index in [1.54, 1.807) is 30.3 Å². The van der Waals surface area contributed by atoms with Gasteiger partial charge in [0.15, 0.2) is 6.61 Å². The van der Waals surface area contributed by atoms with E-state index in [1.165, 1.54) is 24.3 Å². The number of nitrogens with one attached hydrogen (secondary N) is 2. The van der Waals surface area contributed by atoms with E-state index in [9.17, 15) is 18.0 Å². The molecule has 2 rings (SSSR count). The van der Waals surface area contributed by atoms with E-state index in [0.717, 1.165) is 6.42 Å². The van der Waals surface area contributed by atoms with Crippen LogP contribution >= 0.6 is 0 Å². The molecule has 1 amide bonds. The number of para-hydroxylation sites is 1. The van der Waals surface area contributed by atoms with Crippen LogP contribution in [0.4, 0.5) is 5.69 Å². The van der Waals surface area contributed by atoms with Gasteiger partial charge >= 0.3 is 5.97 Å². The smallest absolute Gasteiger partial charge is 0.338 e. The average Bonchev–Trinajstić information content (AvgIpc) is 2.66. The first kappa shape index (κ1) is 20.4. The molecule has 0 heterocycles. The fourth-order valence-corrected chi connectivity index (χ4v) is 3.18. The summed E-state index contributed by atoms with van der Waals surface area (Å²) in [7, 11) is -3.76. The number of ether oxygens (including phenoxy) is 1. The van der Waals surface area contributed by atoms with Crippen LogP contribution in [0, 0.1) is 0 Å². The van der Waals surface area contributed by atoms with Crippen molar-refractivity contribution in [3.05, 3.63) is 60.2 Å². The largest absolute Gasteiger partial charge is 0.452 e. The summed E-state index contributed by atoms with van der Waals surface area (Å²) in [6.45, 7) is 3.39.